The molecule has 0 spiro atoms. The van der Waals surface area contributed by atoms with Crippen LogP contribution in [0.5, 0.6) is 5.75 Å². The normalized spacial score (nSPS) is 24.8. The second-order valence-corrected chi connectivity index (χ2v) is 14.1. The van der Waals surface area contributed by atoms with Crippen LogP contribution in [-0.2, 0) is 24.5 Å². The topological polar surface area (TPSA) is 50.8 Å². The van der Waals surface area contributed by atoms with Crippen LogP contribution in [0, 0.1) is 17.8 Å². The minimum Gasteiger partial charge on any atom is -0.579 e. The Morgan fingerprint density at radius 2 is 1.97 bits per heavy atom. The van der Waals surface area contributed by atoms with Crippen LogP contribution in [0.3, 0.4) is 0 Å². The summed E-state index contributed by atoms with van der Waals surface area (Å²) in [6, 6.07) is 12.9. The number of benzene rings is 2. The van der Waals surface area contributed by atoms with E-state index >= 15 is 0 Å². The van der Waals surface area contributed by atoms with E-state index in [0.717, 1.165) is 53.2 Å². The zero-order valence-corrected chi connectivity index (χ0v) is 25.7. The molecule has 214 valence electrons. The fourth-order valence-corrected chi connectivity index (χ4v) is 7.84. The van der Waals surface area contributed by atoms with Gasteiger partial charge in [-0.2, -0.15) is 0 Å². The maximum atomic E-state index is 13.1. The summed E-state index contributed by atoms with van der Waals surface area (Å²) in [5.74, 6) is 3.73. The highest BCUT2D eigenvalue weighted by atomic mass is 35.5. The number of fused-ring (bicyclic) bond motifs is 1. The molecule has 7 heteroatoms. The Kier molecular flexibility index (Phi) is 9.71. The van der Waals surface area contributed by atoms with Crippen LogP contribution >= 0.6 is 11.6 Å². The molecule has 39 heavy (non-hydrogen) atoms. The average molecular weight is 572 g/mol. The van der Waals surface area contributed by atoms with Gasteiger partial charge in [-0.3, -0.25) is 0 Å². The molecule has 2 aromatic carbocycles. The second kappa shape index (κ2) is 13.0. The van der Waals surface area contributed by atoms with Crippen LogP contribution in [0.15, 0.2) is 36.4 Å². The van der Waals surface area contributed by atoms with Gasteiger partial charge in [-0.25, -0.2) is 0 Å². The molecule has 0 radical (unpaired) electrons. The Hall–Kier alpha value is -1.44. The number of hydrogen-bond acceptors (Lipinski definition) is 5. The van der Waals surface area contributed by atoms with Crippen molar-refractivity contribution in [1.82, 2.24) is 9.03 Å². The number of hydrogen-bond donors (Lipinski definition) is 1. The molecule has 0 aromatic heterocycles. The Morgan fingerprint density at radius 1 is 1.18 bits per heavy atom. The van der Waals surface area contributed by atoms with Gasteiger partial charge in [0.25, 0.3) is 0 Å². The van der Waals surface area contributed by atoms with Gasteiger partial charge in [0.05, 0.1) is 24.9 Å². The molecule has 2 aliphatic carbocycles. The molecule has 0 bridgehead atoms. The molecular formula is C32H46ClN3O2S. The van der Waals surface area contributed by atoms with Crippen molar-refractivity contribution in [3.05, 3.63) is 58.1 Å². The van der Waals surface area contributed by atoms with E-state index in [1.54, 1.807) is 0 Å². The molecule has 3 aliphatic rings. The fraction of sp³-hybridized carbons (Fsp3) is 0.625. The zero-order chi connectivity index (χ0) is 27.5. The van der Waals surface area contributed by atoms with Gasteiger partial charge in [-0.15, -0.1) is 9.03 Å². The first-order valence-corrected chi connectivity index (χ1v) is 16.4. The van der Waals surface area contributed by atoms with Gasteiger partial charge >= 0.3 is 0 Å². The summed E-state index contributed by atoms with van der Waals surface area (Å²) in [7, 11) is 4.13. The van der Waals surface area contributed by atoms with Crippen LogP contribution in [0.25, 0.3) is 0 Å². The first-order valence-electron chi connectivity index (χ1n) is 15.0. The molecule has 1 aliphatic heterocycles. The summed E-state index contributed by atoms with van der Waals surface area (Å²) in [5.41, 5.74) is 4.84. The fourth-order valence-electron chi connectivity index (χ4n) is 6.68. The van der Waals surface area contributed by atoms with Crippen molar-refractivity contribution < 1.29 is 9.29 Å². The van der Waals surface area contributed by atoms with E-state index in [9.17, 15) is 4.55 Å². The van der Waals surface area contributed by atoms with E-state index in [0.29, 0.717) is 25.1 Å². The predicted molar refractivity (Wildman–Crippen MR) is 164 cm³/mol. The zero-order valence-electron chi connectivity index (χ0n) is 24.1. The quantitative estimate of drug-likeness (QED) is 0.291. The molecule has 2 fully saturated rings. The molecule has 3 atom stereocenters. The molecule has 0 saturated heterocycles. The summed E-state index contributed by atoms with van der Waals surface area (Å²) in [6.45, 7) is 6.51. The van der Waals surface area contributed by atoms with Gasteiger partial charge in [-0.1, -0.05) is 56.3 Å². The predicted octanol–water partition coefficient (Wildman–Crippen LogP) is 7.11. The van der Waals surface area contributed by atoms with Gasteiger partial charge in [-0.05, 0) is 91.3 Å². The van der Waals surface area contributed by atoms with Crippen LogP contribution in [-0.4, -0.2) is 42.1 Å². The highest BCUT2D eigenvalue weighted by molar-refractivity contribution is 7.87. The molecule has 2 aromatic rings. The van der Waals surface area contributed by atoms with Crippen molar-refractivity contribution in [2.24, 2.45) is 17.8 Å². The van der Waals surface area contributed by atoms with Gasteiger partial charge < -0.3 is 14.2 Å². The van der Waals surface area contributed by atoms with Crippen molar-refractivity contribution in [3.63, 3.8) is 0 Å². The molecule has 1 N–H and O–H groups in total. The van der Waals surface area contributed by atoms with E-state index in [4.69, 9.17) is 16.3 Å². The second-order valence-electron chi connectivity index (χ2n) is 12.3. The summed E-state index contributed by atoms with van der Waals surface area (Å²) in [6.07, 6.45) is 10.4. The lowest BCUT2D eigenvalue weighted by Crippen LogP contribution is -2.48. The maximum Gasteiger partial charge on any atom is 0.142 e. The first-order chi connectivity index (χ1) is 18.8. The number of aryl methyl sites for hydroxylation is 1. The number of nitrogens with one attached hydrogen (secondary N) is 1. The summed E-state index contributed by atoms with van der Waals surface area (Å²) in [4.78, 5) is 2.29. The number of nitrogens with zero attached hydrogens (tertiary/aromatic N) is 2. The van der Waals surface area contributed by atoms with Crippen LogP contribution < -0.4 is 14.4 Å². The van der Waals surface area contributed by atoms with Crippen LogP contribution in [0.2, 0.25) is 5.02 Å². The third-order valence-corrected chi connectivity index (χ3v) is 11.0. The molecule has 0 amide bonds. The van der Waals surface area contributed by atoms with Crippen molar-refractivity contribution in [3.8, 4) is 5.75 Å². The van der Waals surface area contributed by atoms with Crippen LogP contribution in [0.1, 0.15) is 81.4 Å². The number of ether oxygens (including phenoxy) is 1. The maximum absolute atomic E-state index is 13.1. The van der Waals surface area contributed by atoms with E-state index in [2.05, 4.69) is 60.8 Å². The van der Waals surface area contributed by atoms with Crippen LogP contribution in [0.4, 0.5) is 5.69 Å². The summed E-state index contributed by atoms with van der Waals surface area (Å²) >= 11 is 5.09. The van der Waals surface area contributed by atoms with E-state index < -0.39 is 11.5 Å². The third kappa shape index (κ3) is 6.90. The SMILES string of the molecule is CCCc1cc(Cl)ccc1C1COc2ccc(CN[S+]([O-])N(C)C(C)C3CC(CC4CCC4)C3)cc2N(C)C1. The summed E-state index contributed by atoms with van der Waals surface area (Å²) < 4.78 is 24.7. The van der Waals surface area contributed by atoms with Gasteiger partial charge in [0.15, 0.2) is 0 Å². The van der Waals surface area contributed by atoms with E-state index in [1.807, 2.05) is 17.4 Å². The van der Waals surface area contributed by atoms with Gasteiger partial charge in [0.1, 0.15) is 17.3 Å². The Labute approximate surface area is 244 Å². The van der Waals surface area contributed by atoms with Crippen molar-refractivity contribution in [2.75, 3.05) is 32.1 Å². The largest absolute Gasteiger partial charge is 0.579 e. The Morgan fingerprint density at radius 3 is 2.69 bits per heavy atom. The Balaban J connectivity index is 1.15. The lowest BCUT2D eigenvalue weighted by atomic mass is 9.65. The Bertz CT molecular complexity index is 1110. The first kappa shape index (κ1) is 29.1. The highest BCUT2D eigenvalue weighted by Gasteiger charge is 2.39. The molecule has 5 nitrogen and oxygen atoms in total. The lowest BCUT2D eigenvalue weighted by Gasteiger charge is -2.43. The smallest absolute Gasteiger partial charge is 0.142 e. The average Bonchev–Trinajstić information content (AvgIpc) is 3.03. The molecule has 1 heterocycles. The molecule has 2 saturated carbocycles. The molecule has 3 unspecified atom stereocenters. The lowest BCUT2D eigenvalue weighted by molar-refractivity contribution is 0.0866. The highest BCUT2D eigenvalue weighted by Crippen LogP contribution is 2.45. The molecular weight excluding hydrogens is 526 g/mol. The molecule has 5 rings (SSSR count). The number of halogens is 1. The van der Waals surface area contributed by atoms with Gasteiger partial charge in [0.2, 0.25) is 0 Å². The van der Waals surface area contributed by atoms with E-state index in [1.165, 1.54) is 49.7 Å². The third-order valence-electron chi connectivity index (χ3n) is 9.51. The van der Waals surface area contributed by atoms with Crippen molar-refractivity contribution >= 4 is 28.8 Å². The van der Waals surface area contributed by atoms with E-state index in [-0.39, 0.29) is 5.92 Å². The number of anilines is 1. The standard InChI is InChI=1S/C32H46ClN3O2S/c1-5-7-26-18-29(33)11-12-30(26)28-20-35(3)31-17-24(10-13-32(31)38-21-28)19-34-39(37)36(4)22(2)27-15-25(16-27)14-23-8-6-9-23/h10-13,17-18,22-23,25,27-28,34H,5-9,14-16,19-21H2,1-4H3. The van der Waals surface area contributed by atoms with Gasteiger partial charge in [0, 0.05) is 31.6 Å². The number of likely N-dealkylation sites (N-methyl/N-ethyl adjacent to an activating group) is 1. The van der Waals surface area contributed by atoms with Crippen molar-refractivity contribution in [1.29, 1.82) is 0 Å². The minimum absolute atomic E-state index is 0.269. The summed E-state index contributed by atoms with van der Waals surface area (Å²) in [5, 5.41) is 0.795. The monoisotopic (exact) mass is 571 g/mol. The minimum atomic E-state index is -1.22. The number of rotatable bonds is 11. The van der Waals surface area contributed by atoms with Crippen molar-refractivity contribution in [2.45, 2.75) is 83.7 Å².